The Labute approximate surface area is 87.1 Å². The van der Waals surface area contributed by atoms with Gasteiger partial charge in [0.05, 0.1) is 6.10 Å². The van der Waals surface area contributed by atoms with Crippen LogP contribution in [-0.2, 0) is 0 Å². The van der Waals surface area contributed by atoms with Crippen molar-refractivity contribution in [1.82, 2.24) is 0 Å². The van der Waals surface area contributed by atoms with Gasteiger partial charge in [0.25, 0.3) is 0 Å². The Morgan fingerprint density at radius 1 is 1.36 bits per heavy atom. The predicted octanol–water partition coefficient (Wildman–Crippen LogP) is 3.22. The topological polar surface area (TPSA) is 20.2 Å². The van der Waals surface area contributed by atoms with Crippen molar-refractivity contribution in [2.45, 2.75) is 50.6 Å². The van der Waals surface area contributed by atoms with Crippen LogP contribution in [0.25, 0.3) is 0 Å². The van der Waals surface area contributed by atoms with Crippen LogP contribution in [0, 0.1) is 0 Å². The Bertz CT molecular complexity index is 149. The summed E-state index contributed by atoms with van der Waals surface area (Å²) in [4.78, 5) is 0. The van der Waals surface area contributed by atoms with E-state index < -0.39 is 18.7 Å². The van der Waals surface area contributed by atoms with Crippen LogP contribution >= 0.6 is 11.8 Å². The van der Waals surface area contributed by atoms with Crippen molar-refractivity contribution in [3.63, 3.8) is 0 Å². The first-order valence-electron chi connectivity index (χ1n) is 4.71. The molecule has 0 spiro atoms. The van der Waals surface area contributed by atoms with E-state index in [-0.39, 0.29) is 6.42 Å². The monoisotopic (exact) mass is 230 g/mol. The molecule has 0 rings (SSSR count). The summed E-state index contributed by atoms with van der Waals surface area (Å²) in [7, 11) is 0. The number of halogens is 3. The van der Waals surface area contributed by atoms with E-state index >= 15 is 0 Å². The van der Waals surface area contributed by atoms with Crippen molar-refractivity contribution in [3.8, 4) is 0 Å². The maximum atomic E-state index is 11.8. The molecule has 0 saturated heterocycles. The number of aliphatic hydroxyl groups excluding tert-OH is 1. The quantitative estimate of drug-likeness (QED) is 0.756. The van der Waals surface area contributed by atoms with Crippen molar-refractivity contribution >= 4 is 11.8 Å². The van der Waals surface area contributed by atoms with E-state index in [1.807, 2.05) is 13.8 Å². The average Bonchev–Trinajstić information content (AvgIpc) is 2.09. The molecule has 0 aromatic heterocycles. The molecule has 1 nitrogen and oxygen atoms in total. The highest BCUT2D eigenvalue weighted by Crippen LogP contribution is 2.24. The summed E-state index contributed by atoms with van der Waals surface area (Å²) in [5, 5.41) is 9.63. The first kappa shape index (κ1) is 14.1. The summed E-state index contributed by atoms with van der Waals surface area (Å²) in [5.41, 5.74) is 0. The Balaban J connectivity index is 3.51. The van der Waals surface area contributed by atoms with Gasteiger partial charge >= 0.3 is 6.18 Å². The van der Waals surface area contributed by atoms with Crippen LogP contribution < -0.4 is 0 Å². The largest absolute Gasteiger partial charge is 0.392 e. The van der Waals surface area contributed by atoms with Crippen LogP contribution in [0.4, 0.5) is 13.2 Å². The van der Waals surface area contributed by atoms with Crippen molar-refractivity contribution in [1.29, 1.82) is 0 Å². The molecule has 2 atom stereocenters. The molecule has 0 aliphatic rings. The summed E-state index contributed by atoms with van der Waals surface area (Å²) in [6.07, 6.45) is -5.10. The molecule has 0 bridgehead atoms. The van der Waals surface area contributed by atoms with Crippen LogP contribution in [-0.4, -0.2) is 28.4 Å². The van der Waals surface area contributed by atoms with Gasteiger partial charge in [-0.15, -0.1) is 0 Å². The van der Waals surface area contributed by atoms with Gasteiger partial charge in [-0.05, 0) is 12.8 Å². The number of hydrogen-bond donors (Lipinski definition) is 1. The van der Waals surface area contributed by atoms with E-state index in [9.17, 15) is 18.3 Å². The van der Waals surface area contributed by atoms with Crippen molar-refractivity contribution < 1.29 is 18.3 Å². The number of rotatable bonds is 6. The van der Waals surface area contributed by atoms with Crippen molar-refractivity contribution in [3.05, 3.63) is 0 Å². The summed E-state index contributed by atoms with van der Waals surface area (Å²) in [6, 6.07) is 0. The van der Waals surface area contributed by atoms with Gasteiger partial charge in [-0.2, -0.15) is 24.9 Å². The highest BCUT2D eigenvalue weighted by atomic mass is 32.2. The highest BCUT2D eigenvalue weighted by Gasteiger charge is 2.27. The fraction of sp³-hybridized carbons (Fsp3) is 1.00. The zero-order chi connectivity index (χ0) is 11.2. The zero-order valence-corrected chi connectivity index (χ0v) is 9.29. The van der Waals surface area contributed by atoms with Crippen molar-refractivity contribution in [2.75, 3.05) is 5.75 Å². The summed E-state index contributed by atoms with van der Waals surface area (Å²) in [6.45, 7) is 4.01. The minimum Gasteiger partial charge on any atom is -0.392 e. The third-order valence-electron chi connectivity index (χ3n) is 1.91. The van der Waals surface area contributed by atoms with Crippen LogP contribution in [0.3, 0.4) is 0 Å². The maximum Gasteiger partial charge on any atom is 0.389 e. The zero-order valence-electron chi connectivity index (χ0n) is 8.47. The van der Waals surface area contributed by atoms with E-state index in [1.54, 1.807) is 0 Å². The molecule has 0 aromatic carbocycles. The van der Waals surface area contributed by atoms with E-state index in [2.05, 4.69) is 0 Å². The molecule has 0 aliphatic heterocycles. The minimum absolute atomic E-state index is 0.188. The Morgan fingerprint density at radius 3 is 2.36 bits per heavy atom. The second-order valence-corrected chi connectivity index (χ2v) is 4.83. The molecule has 0 radical (unpaired) electrons. The molecule has 86 valence electrons. The lowest BCUT2D eigenvalue weighted by molar-refractivity contribution is -0.139. The van der Waals surface area contributed by atoms with Crippen molar-refractivity contribution in [2.24, 2.45) is 0 Å². The molecular weight excluding hydrogens is 213 g/mol. The average molecular weight is 230 g/mol. The van der Waals surface area contributed by atoms with Gasteiger partial charge in [-0.1, -0.05) is 13.8 Å². The van der Waals surface area contributed by atoms with Gasteiger partial charge in [0.1, 0.15) is 0 Å². The highest BCUT2D eigenvalue weighted by molar-refractivity contribution is 7.99. The van der Waals surface area contributed by atoms with Gasteiger partial charge in [0.2, 0.25) is 0 Å². The van der Waals surface area contributed by atoms with Gasteiger partial charge in [0.15, 0.2) is 0 Å². The number of thioether (sulfide) groups is 1. The molecule has 0 aromatic rings. The fourth-order valence-electron chi connectivity index (χ4n) is 0.807. The lowest BCUT2D eigenvalue weighted by Crippen LogP contribution is -2.17. The first-order chi connectivity index (χ1) is 6.35. The molecule has 0 aliphatic carbocycles. The number of hydrogen-bond acceptors (Lipinski definition) is 2. The summed E-state index contributed by atoms with van der Waals surface area (Å²) >= 11 is 1.52. The van der Waals surface area contributed by atoms with Crippen LogP contribution in [0.15, 0.2) is 0 Å². The maximum absolute atomic E-state index is 11.8. The molecule has 5 heteroatoms. The molecule has 0 amide bonds. The standard InChI is InChI=1S/C9H17F3OS/c1-3-7(2)14-6-8(13)4-5-9(10,11)12/h7-8,13H,3-6H2,1-2H3. The predicted molar refractivity (Wildman–Crippen MR) is 53.5 cm³/mol. The molecule has 0 fully saturated rings. The van der Waals surface area contributed by atoms with Crippen LogP contribution in [0.2, 0.25) is 0 Å². The van der Waals surface area contributed by atoms with E-state index in [4.69, 9.17) is 0 Å². The fourth-order valence-corrected chi connectivity index (χ4v) is 1.76. The molecule has 14 heavy (non-hydrogen) atoms. The Morgan fingerprint density at radius 2 is 1.93 bits per heavy atom. The lowest BCUT2D eigenvalue weighted by Gasteiger charge is -2.14. The molecular formula is C9H17F3OS. The smallest absolute Gasteiger partial charge is 0.389 e. The van der Waals surface area contributed by atoms with Crippen LogP contribution in [0.5, 0.6) is 0 Å². The van der Waals surface area contributed by atoms with Gasteiger partial charge in [-0.3, -0.25) is 0 Å². The number of alkyl halides is 3. The van der Waals surface area contributed by atoms with E-state index in [1.165, 1.54) is 11.8 Å². The molecule has 0 heterocycles. The normalized spacial score (nSPS) is 16.7. The minimum atomic E-state index is -4.15. The first-order valence-corrected chi connectivity index (χ1v) is 5.76. The second-order valence-electron chi connectivity index (χ2n) is 3.36. The summed E-state index contributed by atoms with van der Waals surface area (Å²) in [5.74, 6) is 0.394. The number of aliphatic hydroxyl groups is 1. The Kier molecular flexibility index (Phi) is 6.61. The second kappa shape index (κ2) is 6.56. The van der Waals surface area contributed by atoms with Gasteiger partial charge < -0.3 is 5.11 Å². The third kappa shape index (κ3) is 8.69. The molecule has 2 unspecified atom stereocenters. The molecule has 0 saturated carbocycles. The van der Waals surface area contributed by atoms with Gasteiger partial charge in [0, 0.05) is 17.4 Å². The van der Waals surface area contributed by atoms with Crippen LogP contribution in [0.1, 0.15) is 33.1 Å². The van der Waals surface area contributed by atoms with E-state index in [0.29, 0.717) is 11.0 Å². The Hall–Kier alpha value is 0.100. The van der Waals surface area contributed by atoms with Gasteiger partial charge in [-0.25, -0.2) is 0 Å². The summed E-state index contributed by atoms with van der Waals surface area (Å²) < 4.78 is 35.3. The molecule has 1 N–H and O–H groups in total. The third-order valence-corrected chi connectivity index (χ3v) is 3.39. The lowest BCUT2D eigenvalue weighted by atomic mass is 10.2. The van der Waals surface area contributed by atoms with E-state index in [0.717, 1.165) is 6.42 Å². The SMILES string of the molecule is CCC(C)SCC(O)CCC(F)(F)F.